The number of aromatic nitrogens is 4. The van der Waals surface area contributed by atoms with Crippen LogP contribution < -0.4 is 5.73 Å². The summed E-state index contributed by atoms with van der Waals surface area (Å²) in [5, 5.41) is 23.2. The van der Waals surface area contributed by atoms with Crippen LogP contribution in [0.5, 0.6) is 0 Å². The van der Waals surface area contributed by atoms with Crippen molar-refractivity contribution in [2.45, 2.75) is 19.8 Å². The molecule has 0 aliphatic rings. The Hall–Kier alpha value is -2.90. The van der Waals surface area contributed by atoms with Crippen LogP contribution in [0, 0.1) is 10.1 Å². The molecule has 0 saturated heterocycles. The Labute approximate surface area is 119 Å². The molecule has 21 heavy (non-hydrogen) atoms. The highest BCUT2D eigenvalue weighted by molar-refractivity contribution is 5.90. The molecule has 0 aliphatic heterocycles. The lowest BCUT2D eigenvalue weighted by molar-refractivity contribution is -0.384. The average Bonchev–Trinajstić information content (AvgIpc) is 3.00. The molecule has 3 rings (SSSR count). The number of hydrogen-bond donors (Lipinski definition) is 2. The summed E-state index contributed by atoms with van der Waals surface area (Å²) in [6.45, 7) is 3.97. The van der Waals surface area contributed by atoms with E-state index in [2.05, 4.69) is 15.3 Å². The number of para-hydroxylation sites is 2. The van der Waals surface area contributed by atoms with Gasteiger partial charge in [0.2, 0.25) is 0 Å². The van der Waals surface area contributed by atoms with Gasteiger partial charge in [0.1, 0.15) is 11.5 Å². The molecule has 0 saturated carbocycles. The highest BCUT2D eigenvalue weighted by Crippen LogP contribution is 2.32. The molecule has 3 aromatic rings. The van der Waals surface area contributed by atoms with Crippen molar-refractivity contribution in [1.29, 1.82) is 0 Å². The predicted octanol–water partition coefficient (Wildman–Crippen LogP) is 2.36. The van der Waals surface area contributed by atoms with E-state index in [1.807, 2.05) is 13.8 Å². The Balaban J connectivity index is 2.34. The first-order chi connectivity index (χ1) is 10.0. The fraction of sp³-hybridized carbons (Fsp3) is 0.231. The van der Waals surface area contributed by atoms with Crippen molar-refractivity contribution in [3.63, 3.8) is 0 Å². The van der Waals surface area contributed by atoms with E-state index in [4.69, 9.17) is 5.73 Å². The number of benzene rings is 1. The van der Waals surface area contributed by atoms with Crippen molar-refractivity contribution >= 4 is 22.5 Å². The largest absolute Gasteiger partial charge is 0.383 e. The Bertz CT molecular complexity index is 832. The van der Waals surface area contributed by atoms with E-state index in [-0.39, 0.29) is 11.6 Å². The minimum atomic E-state index is -0.437. The molecule has 0 atom stereocenters. The first-order valence-corrected chi connectivity index (χ1v) is 6.47. The second-order valence-corrected chi connectivity index (χ2v) is 5.03. The highest BCUT2D eigenvalue weighted by atomic mass is 16.6. The number of fused-ring (bicyclic) bond motifs is 1. The minimum Gasteiger partial charge on any atom is -0.383 e. The number of aromatic amines is 1. The topological polar surface area (TPSA) is 116 Å². The summed E-state index contributed by atoms with van der Waals surface area (Å²) < 4.78 is 1.47. The Kier molecular flexibility index (Phi) is 2.86. The van der Waals surface area contributed by atoms with Crippen LogP contribution in [0.4, 0.5) is 11.5 Å². The average molecular weight is 286 g/mol. The van der Waals surface area contributed by atoms with Gasteiger partial charge in [-0.1, -0.05) is 26.0 Å². The van der Waals surface area contributed by atoms with Gasteiger partial charge in [-0.3, -0.25) is 15.2 Å². The Morgan fingerprint density at radius 2 is 2.10 bits per heavy atom. The molecule has 3 N–H and O–H groups in total. The zero-order valence-electron chi connectivity index (χ0n) is 11.6. The fourth-order valence-electron chi connectivity index (χ4n) is 2.33. The lowest BCUT2D eigenvalue weighted by Crippen LogP contribution is -2.03. The zero-order chi connectivity index (χ0) is 15.1. The molecular formula is C13H14N6O2. The maximum atomic E-state index is 11.2. The van der Waals surface area contributed by atoms with Gasteiger partial charge in [-0.25, -0.2) is 4.68 Å². The van der Waals surface area contributed by atoms with E-state index in [9.17, 15) is 10.1 Å². The molecule has 108 valence electrons. The molecule has 0 unspecified atom stereocenters. The van der Waals surface area contributed by atoms with Crippen molar-refractivity contribution in [2.24, 2.45) is 0 Å². The van der Waals surface area contributed by atoms with Crippen molar-refractivity contribution in [2.75, 3.05) is 5.73 Å². The molecule has 0 amide bonds. The van der Waals surface area contributed by atoms with Crippen LogP contribution in [0.15, 0.2) is 24.3 Å². The fourth-order valence-corrected chi connectivity index (χ4v) is 2.33. The van der Waals surface area contributed by atoms with Gasteiger partial charge >= 0.3 is 0 Å². The molecule has 0 spiro atoms. The molecular weight excluding hydrogens is 272 g/mol. The second-order valence-electron chi connectivity index (χ2n) is 5.03. The lowest BCUT2D eigenvalue weighted by atomic mass is 10.1. The van der Waals surface area contributed by atoms with E-state index in [0.29, 0.717) is 22.5 Å². The van der Waals surface area contributed by atoms with Crippen LogP contribution in [0.25, 0.3) is 16.7 Å². The molecule has 8 heteroatoms. The standard InChI is InChI=1S/C13H14N6O2/c1-7(2)11-10-12(14)15-16-13(10)18(17-11)8-5-3-4-6-9(8)19(20)21/h3-7H,1-2H3,(H3,14,15,16). The number of rotatable bonds is 3. The molecule has 2 aromatic heterocycles. The van der Waals surface area contributed by atoms with Crippen LogP contribution in [0.1, 0.15) is 25.5 Å². The summed E-state index contributed by atoms with van der Waals surface area (Å²) in [5.74, 6) is 0.537. The summed E-state index contributed by atoms with van der Waals surface area (Å²) in [7, 11) is 0. The van der Waals surface area contributed by atoms with Gasteiger partial charge in [-0.05, 0) is 12.0 Å². The number of nitro benzene ring substituents is 1. The van der Waals surface area contributed by atoms with Crippen LogP contribution in [0.3, 0.4) is 0 Å². The number of nitrogens with one attached hydrogen (secondary N) is 1. The van der Waals surface area contributed by atoms with Gasteiger partial charge in [0, 0.05) is 6.07 Å². The minimum absolute atomic E-state index is 0.0289. The van der Waals surface area contributed by atoms with E-state index in [1.165, 1.54) is 10.7 Å². The molecule has 2 heterocycles. The van der Waals surface area contributed by atoms with Gasteiger partial charge in [0.25, 0.3) is 5.69 Å². The monoisotopic (exact) mass is 286 g/mol. The maximum Gasteiger partial charge on any atom is 0.294 e. The molecule has 1 aromatic carbocycles. The van der Waals surface area contributed by atoms with Gasteiger partial charge in [-0.2, -0.15) is 10.2 Å². The summed E-state index contributed by atoms with van der Waals surface area (Å²) in [4.78, 5) is 10.8. The third-order valence-electron chi connectivity index (χ3n) is 3.29. The summed E-state index contributed by atoms with van der Waals surface area (Å²) in [5.41, 5.74) is 7.49. The van der Waals surface area contributed by atoms with Gasteiger partial charge in [-0.15, -0.1) is 0 Å². The smallest absolute Gasteiger partial charge is 0.294 e. The quantitative estimate of drug-likeness (QED) is 0.566. The Morgan fingerprint density at radius 1 is 1.38 bits per heavy atom. The summed E-state index contributed by atoms with van der Waals surface area (Å²) >= 11 is 0. The van der Waals surface area contributed by atoms with Gasteiger partial charge < -0.3 is 5.73 Å². The molecule has 0 bridgehead atoms. The molecule has 8 nitrogen and oxygen atoms in total. The SMILES string of the molecule is CC(C)c1nn(-c2ccccc2[N+](=O)[O-])c2n[nH]c(N)c12. The summed E-state index contributed by atoms with van der Waals surface area (Å²) in [6.07, 6.45) is 0. The third-order valence-corrected chi connectivity index (χ3v) is 3.29. The van der Waals surface area contributed by atoms with Crippen LogP contribution in [0.2, 0.25) is 0 Å². The predicted molar refractivity (Wildman–Crippen MR) is 78.4 cm³/mol. The van der Waals surface area contributed by atoms with Crippen molar-refractivity contribution in [1.82, 2.24) is 20.0 Å². The molecule has 0 radical (unpaired) electrons. The van der Waals surface area contributed by atoms with E-state index in [0.717, 1.165) is 5.69 Å². The van der Waals surface area contributed by atoms with Crippen molar-refractivity contribution < 1.29 is 4.92 Å². The number of nitrogen functional groups attached to an aromatic ring is 1. The van der Waals surface area contributed by atoms with Crippen LogP contribution in [-0.2, 0) is 0 Å². The van der Waals surface area contributed by atoms with Crippen molar-refractivity contribution in [3.8, 4) is 5.69 Å². The number of anilines is 1. The van der Waals surface area contributed by atoms with Crippen molar-refractivity contribution in [3.05, 3.63) is 40.1 Å². The molecule has 0 aliphatic carbocycles. The number of nitro groups is 1. The van der Waals surface area contributed by atoms with E-state index < -0.39 is 4.92 Å². The highest BCUT2D eigenvalue weighted by Gasteiger charge is 2.23. The number of H-pyrrole nitrogens is 1. The number of hydrogen-bond acceptors (Lipinski definition) is 5. The van der Waals surface area contributed by atoms with E-state index in [1.54, 1.807) is 18.2 Å². The number of nitrogens with zero attached hydrogens (tertiary/aromatic N) is 4. The lowest BCUT2D eigenvalue weighted by Gasteiger charge is -2.03. The Morgan fingerprint density at radius 3 is 2.76 bits per heavy atom. The normalized spacial score (nSPS) is 11.4. The first-order valence-electron chi connectivity index (χ1n) is 6.47. The van der Waals surface area contributed by atoms with Crippen LogP contribution in [-0.4, -0.2) is 24.9 Å². The van der Waals surface area contributed by atoms with Gasteiger partial charge in [0.15, 0.2) is 5.65 Å². The zero-order valence-corrected chi connectivity index (χ0v) is 11.6. The maximum absolute atomic E-state index is 11.2. The second kappa shape index (κ2) is 4.58. The van der Waals surface area contributed by atoms with Crippen LogP contribution >= 0.6 is 0 Å². The van der Waals surface area contributed by atoms with E-state index >= 15 is 0 Å². The molecule has 0 fully saturated rings. The first kappa shape index (κ1) is 13.1. The van der Waals surface area contributed by atoms with Gasteiger partial charge in [0.05, 0.1) is 16.0 Å². The third kappa shape index (κ3) is 1.92. The number of nitrogens with two attached hydrogens (primary N) is 1. The summed E-state index contributed by atoms with van der Waals surface area (Å²) in [6, 6.07) is 6.42.